The minimum atomic E-state index is 0.369. The van der Waals surface area contributed by atoms with E-state index in [0.29, 0.717) is 13.2 Å². The van der Waals surface area contributed by atoms with Gasteiger partial charge in [-0.25, -0.2) is 0 Å². The number of hydrogen-bond donors (Lipinski definition) is 0. The highest BCUT2D eigenvalue weighted by Crippen LogP contribution is 2.26. The Labute approximate surface area is 169 Å². The molecule has 1 aromatic heterocycles. The molecule has 1 heterocycles. The van der Waals surface area contributed by atoms with Crippen LogP contribution in [0.3, 0.4) is 0 Å². The van der Waals surface area contributed by atoms with Crippen LogP contribution >= 0.6 is 23.4 Å². The van der Waals surface area contributed by atoms with Crippen LogP contribution in [-0.2, 0) is 18.9 Å². The molecule has 0 N–H and O–H groups in total. The van der Waals surface area contributed by atoms with Gasteiger partial charge in [-0.15, -0.1) is 16.8 Å². The SMILES string of the molecule is C=CCn1c(COc2c(C)cccc2C)nnc1SCc1ccc(Cl)cc1. The summed E-state index contributed by atoms with van der Waals surface area (Å²) in [7, 11) is 0. The van der Waals surface area contributed by atoms with Crippen molar-refractivity contribution in [2.75, 3.05) is 0 Å². The number of aryl methyl sites for hydroxylation is 2. The van der Waals surface area contributed by atoms with E-state index in [1.165, 1.54) is 5.56 Å². The molecule has 27 heavy (non-hydrogen) atoms. The monoisotopic (exact) mass is 399 g/mol. The highest BCUT2D eigenvalue weighted by atomic mass is 35.5. The number of ether oxygens (including phenoxy) is 1. The summed E-state index contributed by atoms with van der Waals surface area (Å²) in [5.74, 6) is 2.49. The molecule has 0 unspecified atom stereocenters. The average Bonchev–Trinajstić information content (AvgIpc) is 3.03. The first-order valence-corrected chi connectivity index (χ1v) is 10.0. The van der Waals surface area contributed by atoms with Gasteiger partial charge in [-0.1, -0.05) is 59.8 Å². The van der Waals surface area contributed by atoms with Crippen molar-refractivity contribution in [1.29, 1.82) is 0 Å². The number of allylic oxidation sites excluding steroid dienone is 1. The van der Waals surface area contributed by atoms with Crippen molar-refractivity contribution in [3.05, 3.63) is 82.7 Å². The highest BCUT2D eigenvalue weighted by molar-refractivity contribution is 7.98. The number of benzene rings is 2. The second-order valence-electron chi connectivity index (χ2n) is 6.22. The van der Waals surface area contributed by atoms with Gasteiger partial charge in [-0.3, -0.25) is 4.57 Å². The second kappa shape index (κ2) is 9.11. The van der Waals surface area contributed by atoms with Gasteiger partial charge in [-0.05, 0) is 42.7 Å². The van der Waals surface area contributed by atoms with Crippen LogP contribution in [0.25, 0.3) is 0 Å². The lowest BCUT2D eigenvalue weighted by atomic mass is 10.1. The number of thioether (sulfide) groups is 1. The third-order valence-electron chi connectivity index (χ3n) is 4.14. The fourth-order valence-electron chi connectivity index (χ4n) is 2.74. The largest absolute Gasteiger partial charge is 0.485 e. The third kappa shape index (κ3) is 4.93. The van der Waals surface area contributed by atoms with Crippen LogP contribution < -0.4 is 4.74 Å². The molecule has 3 aromatic rings. The van der Waals surface area contributed by atoms with Crippen molar-refractivity contribution < 1.29 is 4.74 Å². The first-order chi connectivity index (χ1) is 13.1. The molecule has 0 aliphatic heterocycles. The van der Waals surface area contributed by atoms with E-state index >= 15 is 0 Å². The number of halogens is 1. The van der Waals surface area contributed by atoms with Crippen LogP contribution in [0, 0.1) is 13.8 Å². The molecular formula is C21H22ClN3OS. The molecule has 4 nitrogen and oxygen atoms in total. The Morgan fingerprint density at radius 2 is 1.81 bits per heavy atom. The van der Waals surface area contributed by atoms with Crippen molar-refractivity contribution >= 4 is 23.4 Å². The standard InChI is InChI=1S/C21H22ClN3OS/c1-4-12-25-19(13-26-20-15(2)6-5-7-16(20)3)23-24-21(25)27-14-17-8-10-18(22)11-9-17/h4-11H,1,12-14H2,2-3H3. The quantitative estimate of drug-likeness (QED) is 0.365. The molecule has 0 atom stereocenters. The Balaban J connectivity index is 1.72. The first-order valence-electron chi connectivity index (χ1n) is 8.67. The summed E-state index contributed by atoms with van der Waals surface area (Å²) in [5, 5.41) is 10.3. The number of aromatic nitrogens is 3. The Morgan fingerprint density at radius 3 is 2.48 bits per heavy atom. The summed E-state index contributed by atoms with van der Waals surface area (Å²) < 4.78 is 8.09. The number of rotatable bonds is 8. The fraction of sp³-hybridized carbons (Fsp3) is 0.238. The van der Waals surface area contributed by atoms with Crippen molar-refractivity contribution in [3.8, 4) is 5.75 Å². The molecule has 0 bridgehead atoms. The predicted molar refractivity (Wildman–Crippen MR) is 111 cm³/mol. The number of hydrogen-bond acceptors (Lipinski definition) is 4. The van der Waals surface area contributed by atoms with Crippen LogP contribution in [0.1, 0.15) is 22.5 Å². The molecule has 2 aromatic carbocycles. The van der Waals surface area contributed by atoms with Crippen LogP contribution in [0.5, 0.6) is 5.75 Å². The molecule has 140 valence electrons. The third-order valence-corrected chi connectivity index (χ3v) is 5.43. The van der Waals surface area contributed by atoms with Gasteiger partial charge in [0.15, 0.2) is 11.0 Å². The van der Waals surface area contributed by atoms with E-state index in [1.54, 1.807) is 11.8 Å². The fourth-order valence-corrected chi connectivity index (χ4v) is 3.79. The van der Waals surface area contributed by atoms with E-state index in [9.17, 15) is 0 Å². The molecule has 0 spiro atoms. The first kappa shape index (κ1) is 19.5. The summed E-state index contributed by atoms with van der Waals surface area (Å²) in [6, 6.07) is 14.0. The second-order valence-corrected chi connectivity index (χ2v) is 7.60. The summed E-state index contributed by atoms with van der Waals surface area (Å²) in [6.07, 6.45) is 1.85. The van der Waals surface area contributed by atoms with Gasteiger partial charge in [0.2, 0.25) is 0 Å². The molecule has 0 fully saturated rings. The van der Waals surface area contributed by atoms with Crippen molar-refractivity contribution in [3.63, 3.8) is 0 Å². The molecule has 0 radical (unpaired) electrons. The van der Waals surface area contributed by atoms with Crippen LogP contribution in [0.4, 0.5) is 0 Å². The van der Waals surface area contributed by atoms with Crippen LogP contribution in [-0.4, -0.2) is 14.8 Å². The number of nitrogens with zero attached hydrogens (tertiary/aromatic N) is 3. The maximum absolute atomic E-state index is 6.05. The van der Waals surface area contributed by atoms with E-state index in [2.05, 4.69) is 16.8 Å². The molecule has 0 amide bonds. The zero-order valence-corrected chi connectivity index (χ0v) is 17.1. The van der Waals surface area contributed by atoms with Crippen LogP contribution in [0.2, 0.25) is 5.02 Å². The molecule has 6 heteroatoms. The molecular weight excluding hydrogens is 378 g/mol. The molecule has 0 saturated heterocycles. The lowest BCUT2D eigenvalue weighted by molar-refractivity contribution is 0.285. The van der Waals surface area contributed by atoms with Gasteiger partial charge in [-0.2, -0.15) is 0 Å². The Morgan fingerprint density at radius 1 is 1.11 bits per heavy atom. The molecule has 0 saturated carbocycles. The van der Waals surface area contributed by atoms with Crippen molar-refractivity contribution in [1.82, 2.24) is 14.8 Å². The zero-order chi connectivity index (χ0) is 19.2. The van der Waals surface area contributed by atoms with Gasteiger partial charge in [0.05, 0.1) is 0 Å². The van der Waals surface area contributed by atoms with E-state index in [-0.39, 0.29) is 0 Å². The topological polar surface area (TPSA) is 39.9 Å². The van der Waals surface area contributed by atoms with E-state index in [4.69, 9.17) is 16.3 Å². The summed E-state index contributed by atoms with van der Waals surface area (Å²) in [5.41, 5.74) is 3.41. The molecule has 3 rings (SSSR count). The van der Waals surface area contributed by atoms with Gasteiger partial charge in [0, 0.05) is 17.3 Å². The average molecular weight is 400 g/mol. The molecule has 0 aliphatic carbocycles. The Bertz CT molecular complexity index is 901. The summed E-state index contributed by atoms with van der Waals surface area (Å²) in [6.45, 7) is 8.95. The van der Waals surface area contributed by atoms with Gasteiger partial charge < -0.3 is 4.74 Å². The predicted octanol–water partition coefficient (Wildman–Crippen LogP) is 5.61. The lowest BCUT2D eigenvalue weighted by Crippen LogP contribution is -2.08. The Kier molecular flexibility index (Phi) is 6.58. The van der Waals surface area contributed by atoms with Gasteiger partial charge in [0.1, 0.15) is 12.4 Å². The normalized spacial score (nSPS) is 10.8. The van der Waals surface area contributed by atoms with Gasteiger partial charge in [0.25, 0.3) is 0 Å². The van der Waals surface area contributed by atoms with Crippen molar-refractivity contribution in [2.45, 2.75) is 37.9 Å². The molecule has 0 aliphatic rings. The summed E-state index contributed by atoms with van der Waals surface area (Å²) in [4.78, 5) is 0. The smallest absolute Gasteiger partial charge is 0.191 e. The maximum atomic E-state index is 6.05. The van der Waals surface area contributed by atoms with E-state index < -0.39 is 0 Å². The number of para-hydroxylation sites is 1. The summed E-state index contributed by atoms with van der Waals surface area (Å²) >= 11 is 7.59. The van der Waals surface area contributed by atoms with E-state index in [1.807, 2.05) is 67.0 Å². The minimum absolute atomic E-state index is 0.369. The zero-order valence-electron chi connectivity index (χ0n) is 15.5. The Hall–Kier alpha value is -2.24. The maximum Gasteiger partial charge on any atom is 0.191 e. The van der Waals surface area contributed by atoms with Crippen molar-refractivity contribution in [2.24, 2.45) is 0 Å². The van der Waals surface area contributed by atoms with E-state index in [0.717, 1.165) is 38.6 Å². The van der Waals surface area contributed by atoms with Crippen LogP contribution in [0.15, 0.2) is 60.3 Å². The lowest BCUT2D eigenvalue weighted by Gasteiger charge is -2.12. The van der Waals surface area contributed by atoms with Gasteiger partial charge >= 0.3 is 0 Å². The minimum Gasteiger partial charge on any atom is -0.485 e. The highest BCUT2D eigenvalue weighted by Gasteiger charge is 2.13.